The fraction of sp³-hybridized carbons (Fsp3) is 0.200. The first-order valence-electron chi connectivity index (χ1n) is 4.57. The van der Waals surface area contributed by atoms with E-state index in [-0.39, 0.29) is 6.42 Å². The van der Waals surface area contributed by atoms with Gasteiger partial charge in [-0.25, -0.2) is 4.39 Å². The molecular formula is C10H8ClFN2OS. The van der Waals surface area contributed by atoms with Crippen molar-refractivity contribution < 1.29 is 9.50 Å². The summed E-state index contributed by atoms with van der Waals surface area (Å²) in [6.45, 7) is 0. The second-order valence-electron chi connectivity index (χ2n) is 3.25. The Morgan fingerprint density at radius 1 is 1.50 bits per heavy atom. The van der Waals surface area contributed by atoms with Crippen molar-refractivity contribution in [3.8, 4) is 0 Å². The van der Waals surface area contributed by atoms with E-state index in [1.54, 1.807) is 6.07 Å². The van der Waals surface area contributed by atoms with Crippen LogP contribution < -0.4 is 0 Å². The van der Waals surface area contributed by atoms with Crippen molar-refractivity contribution in [2.75, 3.05) is 0 Å². The average molecular weight is 259 g/mol. The first-order chi connectivity index (χ1) is 7.68. The van der Waals surface area contributed by atoms with Gasteiger partial charge in [-0.1, -0.05) is 17.7 Å². The molecular weight excluding hydrogens is 251 g/mol. The zero-order chi connectivity index (χ0) is 11.5. The van der Waals surface area contributed by atoms with Gasteiger partial charge in [0.1, 0.15) is 17.6 Å². The first-order valence-corrected chi connectivity index (χ1v) is 5.67. The van der Waals surface area contributed by atoms with Gasteiger partial charge in [0, 0.05) is 17.0 Å². The maximum Gasteiger partial charge on any atom is 0.127 e. The molecule has 2 aromatic rings. The van der Waals surface area contributed by atoms with Crippen LogP contribution in [0.1, 0.15) is 17.4 Å². The molecule has 0 aliphatic rings. The van der Waals surface area contributed by atoms with Gasteiger partial charge in [0.25, 0.3) is 0 Å². The maximum atomic E-state index is 13.4. The Balaban J connectivity index is 2.21. The predicted octanol–water partition coefficient (Wildman–Crippen LogP) is 2.61. The van der Waals surface area contributed by atoms with Gasteiger partial charge < -0.3 is 5.11 Å². The number of aromatic nitrogens is 2. The van der Waals surface area contributed by atoms with E-state index in [0.29, 0.717) is 16.3 Å². The van der Waals surface area contributed by atoms with Crippen LogP contribution in [0.25, 0.3) is 0 Å². The van der Waals surface area contributed by atoms with E-state index in [0.717, 1.165) is 11.7 Å². The number of nitrogens with zero attached hydrogens (tertiary/aromatic N) is 2. The van der Waals surface area contributed by atoms with E-state index in [1.165, 1.54) is 18.3 Å². The summed E-state index contributed by atoms with van der Waals surface area (Å²) in [5, 5.41) is 10.1. The van der Waals surface area contributed by atoms with Crippen molar-refractivity contribution in [2.24, 2.45) is 0 Å². The van der Waals surface area contributed by atoms with Crippen LogP contribution in [0.5, 0.6) is 0 Å². The van der Waals surface area contributed by atoms with Crippen molar-refractivity contribution in [3.05, 3.63) is 46.5 Å². The monoisotopic (exact) mass is 258 g/mol. The molecule has 1 atom stereocenters. The summed E-state index contributed by atoms with van der Waals surface area (Å²) >= 11 is 6.85. The van der Waals surface area contributed by atoms with Crippen LogP contribution in [0.15, 0.2) is 24.4 Å². The van der Waals surface area contributed by atoms with Gasteiger partial charge in [-0.15, -0.1) is 0 Å². The van der Waals surface area contributed by atoms with Gasteiger partial charge in [0.2, 0.25) is 0 Å². The van der Waals surface area contributed by atoms with Gasteiger partial charge >= 0.3 is 0 Å². The van der Waals surface area contributed by atoms with Gasteiger partial charge in [-0.05, 0) is 12.1 Å². The molecule has 1 unspecified atom stereocenters. The van der Waals surface area contributed by atoms with Crippen LogP contribution in [-0.4, -0.2) is 13.9 Å². The smallest absolute Gasteiger partial charge is 0.127 e. The lowest BCUT2D eigenvalue weighted by Gasteiger charge is -2.09. The fourth-order valence-electron chi connectivity index (χ4n) is 1.34. The van der Waals surface area contributed by atoms with Crippen molar-refractivity contribution in [1.29, 1.82) is 0 Å². The van der Waals surface area contributed by atoms with Crippen molar-refractivity contribution >= 4 is 23.3 Å². The highest BCUT2D eigenvalue weighted by atomic mass is 35.5. The molecule has 16 heavy (non-hydrogen) atoms. The van der Waals surface area contributed by atoms with E-state index < -0.39 is 11.9 Å². The third kappa shape index (κ3) is 2.37. The van der Waals surface area contributed by atoms with Gasteiger partial charge in [-0.3, -0.25) is 0 Å². The highest BCUT2D eigenvalue weighted by Crippen LogP contribution is 2.24. The Morgan fingerprint density at radius 3 is 2.94 bits per heavy atom. The van der Waals surface area contributed by atoms with Gasteiger partial charge in [-0.2, -0.15) is 8.75 Å². The molecule has 1 heterocycles. The van der Waals surface area contributed by atoms with Crippen molar-refractivity contribution in [3.63, 3.8) is 0 Å². The number of hydrogen-bond donors (Lipinski definition) is 1. The highest BCUT2D eigenvalue weighted by molar-refractivity contribution is 6.99. The van der Waals surface area contributed by atoms with Crippen LogP contribution >= 0.6 is 23.3 Å². The van der Waals surface area contributed by atoms with Crippen molar-refractivity contribution in [1.82, 2.24) is 8.75 Å². The molecule has 0 bridgehead atoms. The molecule has 0 fully saturated rings. The average Bonchev–Trinajstić information content (AvgIpc) is 2.76. The number of rotatable bonds is 3. The molecule has 2 rings (SSSR count). The van der Waals surface area contributed by atoms with Crippen LogP contribution in [0.4, 0.5) is 4.39 Å². The topological polar surface area (TPSA) is 46.0 Å². The Kier molecular flexibility index (Phi) is 3.48. The lowest BCUT2D eigenvalue weighted by atomic mass is 10.1. The van der Waals surface area contributed by atoms with E-state index in [4.69, 9.17) is 11.6 Å². The summed E-state index contributed by atoms with van der Waals surface area (Å²) in [5.41, 5.74) is 0.731. The van der Waals surface area contributed by atoms with Crippen LogP contribution in [0.3, 0.4) is 0 Å². The minimum absolute atomic E-state index is 0.0942. The van der Waals surface area contributed by atoms with Gasteiger partial charge in [0.05, 0.1) is 17.9 Å². The molecule has 1 N–H and O–H groups in total. The molecule has 1 aromatic carbocycles. The maximum absolute atomic E-state index is 13.4. The fourth-order valence-corrected chi connectivity index (χ4v) is 2.05. The minimum Gasteiger partial charge on any atom is -0.386 e. The summed E-state index contributed by atoms with van der Waals surface area (Å²) in [7, 11) is 0. The van der Waals surface area contributed by atoms with E-state index in [9.17, 15) is 9.50 Å². The summed E-state index contributed by atoms with van der Waals surface area (Å²) in [6, 6.07) is 4.43. The molecule has 0 saturated carbocycles. The SMILES string of the molecule is OC(Cc1c(F)cccc1Cl)c1cnsn1. The Bertz CT molecular complexity index is 457. The molecule has 1 aromatic heterocycles. The van der Waals surface area contributed by atoms with Crippen LogP contribution in [0, 0.1) is 5.82 Å². The molecule has 0 radical (unpaired) electrons. The first kappa shape index (κ1) is 11.4. The zero-order valence-corrected chi connectivity index (χ0v) is 9.67. The predicted molar refractivity (Wildman–Crippen MR) is 60.0 cm³/mol. The number of benzene rings is 1. The molecule has 0 saturated heterocycles. The summed E-state index contributed by atoms with van der Waals surface area (Å²) < 4.78 is 21.1. The Morgan fingerprint density at radius 2 is 2.31 bits per heavy atom. The number of halogens is 2. The summed E-state index contributed by atoms with van der Waals surface area (Å²) in [6.07, 6.45) is 0.675. The molecule has 0 aliphatic heterocycles. The van der Waals surface area contributed by atoms with Gasteiger partial charge in [0.15, 0.2) is 0 Å². The molecule has 84 valence electrons. The molecule has 3 nitrogen and oxygen atoms in total. The number of aliphatic hydroxyl groups is 1. The molecule has 0 spiro atoms. The lowest BCUT2D eigenvalue weighted by molar-refractivity contribution is 0.173. The molecule has 0 amide bonds. The van der Waals surface area contributed by atoms with Crippen molar-refractivity contribution in [2.45, 2.75) is 12.5 Å². The normalized spacial score (nSPS) is 12.7. The minimum atomic E-state index is -0.881. The Hall–Kier alpha value is -1.04. The standard InChI is InChI=1S/C10H8ClFN2OS/c11-7-2-1-3-8(12)6(7)4-10(15)9-5-13-16-14-9/h1-3,5,10,15H,4H2. The Labute approximate surface area is 101 Å². The zero-order valence-electron chi connectivity index (χ0n) is 8.10. The second kappa shape index (κ2) is 4.86. The summed E-state index contributed by atoms with van der Waals surface area (Å²) in [4.78, 5) is 0. The van der Waals surface area contributed by atoms with Crippen LogP contribution in [0.2, 0.25) is 5.02 Å². The third-order valence-electron chi connectivity index (χ3n) is 2.18. The third-order valence-corrected chi connectivity index (χ3v) is 3.03. The largest absolute Gasteiger partial charge is 0.386 e. The number of aliphatic hydroxyl groups excluding tert-OH is 1. The highest BCUT2D eigenvalue weighted by Gasteiger charge is 2.16. The van der Waals surface area contributed by atoms with E-state index in [2.05, 4.69) is 8.75 Å². The summed E-state index contributed by atoms with van der Waals surface area (Å²) in [5.74, 6) is -0.422. The van der Waals surface area contributed by atoms with E-state index >= 15 is 0 Å². The molecule has 6 heteroatoms. The van der Waals surface area contributed by atoms with Crippen LogP contribution in [-0.2, 0) is 6.42 Å². The second-order valence-corrected chi connectivity index (χ2v) is 4.22. The van der Waals surface area contributed by atoms with E-state index in [1.807, 2.05) is 0 Å². The lowest BCUT2D eigenvalue weighted by Crippen LogP contribution is -2.04. The quantitative estimate of drug-likeness (QED) is 0.921. The number of hydrogen-bond acceptors (Lipinski definition) is 4. The molecule has 0 aliphatic carbocycles.